The molecule has 0 saturated carbocycles. The lowest BCUT2D eigenvalue weighted by Gasteiger charge is -2.09. The maximum atomic E-state index is 4.11. The molecule has 66 valence electrons. The van der Waals surface area contributed by atoms with Gasteiger partial charge in [0.05, 0.1) is 11.4 Å². The standard InChI is InChI=1S/C8H14N4/c1-9-5-6-3-4-7-8(6)12(2)11-10-7/h6,9H,3-5H2,1-2H3. The van der Waals surface area contributed by atoms with Crippen LogP contribution in [0.15, 0.2) is 0 Å². The van der Waals surface area contributed by atoms with Crippen molar-refractivity contribution in [1.82, 2.24) is 20.3 Å². The van der Waals surface area contributed by atoms with E-state index in [-0.39, 0.29) is 0 Å². The van der Waals surface area contributed by atoms with Crippen LogP contribution in [0.4, 0.5) is 0 Å². The number of nitrogens with one attached hydrogen (secondary N) is 1. The van der Waals surface area contributed by atoms with Gasteiger partial charge in [-0.05, 0) is 19.9 Å². The number of nitrogens with zero attached hydrogens (tertiary/aromatic N) is 3. The molecule has 0 aliphatic heterocycles. The second-order valence-electron chi connectivity index (χ2n) is 3.34. The van der Waals surface area contributed by atoms with E-state index in [4.69, 9.17) is 0 Å². The van der Waals surface area contributed by atoms with Crippen LogP contribution in [0.2, 0.25) is 0 Å². The minimum atomic E-state index is 0.616. The molecule has 0 radical (unpaired) electrons. The molecule has 1 aromatic rings. The van der Waals surface area contributed by atoms with Crippen molar-refractivity contribution in [2.45, 2.75) is 18.8 Å². The van der Waals surface area contributed by atoms with Crippen LogP contribution in [0.5, 0.6) is 0 Å². The summed E-state index contributed by atoms with van der Waals surface area (Å²) in [6, 6.07) is 0. The highest BCUT2D eigenvalue weighted by atomic mass is 15.4. The monoisotopic (exact) mass is 166 g/mol. The van der Waals surface area contributed by atoms with Crippen molar-refractivity contribution in [2.75, 3.05) is 13.6 Å². The summed E-state index contributed by atoms with van der Waals surface area (Å²) in [7, 11) is 3.96. The van der Waals surface area contributed by atoms with Gasteiger partial charge in [-0.15, -0.1) is 5.10 Å². The third-order valence-electron chi connectivity index (χ3n) is 2.51. The Morgan fingerprint density at radius 2 is 2.50 bits per heavy atom. The molecule has 1 atom stereocenters. The fraction of sp³-hybridized carbons (Fsp3) is 0.750. The van der Waals surface area contributed by atoms with Crippen molar-refractivity contribution in [1.29, 1.82) is 0 Å². The number of aromatic nitrogens is 3. The van der Waals surface area contributed by atoms with E-state index in [0.29, 0.717) is 5.92 Å². The zero-order chi connectivity index (χ0) is 8.55. The van der Waals surface area contributed by atoms with Crippen molar-refractivity contribution in [3.8, 4) is 0 Å². The molecule has 0 aromatic carbocycles. The van der Waals surface area contributed by atoms with Gasteiger partial charge in [0.15, 0.2) is 0 Å². The van der Waals surface area contributed by atoms with Crippen molar-refractivity contribution in [3.63, 3.8) is 0 Å². The molecular formula is C8H14N4. The molecule has 1 aliphatic rings. The van der Waals surface area contributed by atoms with E-state index in [0.717, 1.165) is 13.0 Å². The number of fused-ring (bicyclic) bond motifs is 1. The zero-order valence-electron chi connectivity index (χ0n) is 7.54. The Bertz CT molecular complexity index is 279. The molecule has 12 heavy (non-hydrogen) atoms. The Balaban J connectivity index is 2.27. The summed E-state index contributed by atoms with van der Waals surface area (Å²) in [6.07, 6.45) is 2.31. The van der Waals surface area contributed by atoms with E-state index in [2.05, 4.69) is 15.6 Å². The van der Waals surface area contributed by atoms with Gasteiger partial charge in [-0.1, -0.05) is 5.21 Å². The second-order valence-corrected chi connectivity index (χ2v) is 3.34. The highest BCUT2D eigenvalue weighted by molar-refractivity contribution is 5.22. The third-order valence-corrected chi connectivity index (χ3v) is 2.51. The molecule has 1 aliphatic carbocycles. The number of likely N-dealkylation sites (N-methyl/N-ethyl adjacent to an activating group) is 1. The van der Waals surface area contributed by atoms with E-state index in [1.165, 1.54) is 17.8 Å². The number of rotatable bonds is 2. The first kappa shape index (κ1) is 7.73. The minimum absolute atomic E-state index is 0.616. The summed E-state index contributed by atoms with van der Waals surface area (Å²) in [5, 5.41) is 11.3. The average Bonchev–Trinajstić information content (AvgIpc) is 2.58. The summed E-state index contributed by atoms with van der Waals surface area (Å²) < 4.78 is 1.91. The first-order valence-corrected chi connectivity index (χ1v) is 4.36. The molecule has 1 heterocycles. The van der Waals surface area contributed by atoms with Crippen LogP contribution in [0, 0.1) is 0 Å². The fourth-order valence-electron chi connectivity index (χ4n) is 1.98. The summed E-state index contributed by atoms with van der Waals surface area (Å²) >= 11 is 0. The van der Waals surface area contributed by atoms with Crippen LogP contribution in [-0.2, 0) is 13.5 Å². The largest absolute Gasteiger partial charge is 0.319 e. The molecule has 2 rings (SSSR count). The molecule has 0 amide bonds. The van der Waals surface area contributed by atoms with Gasteiger partial charge in [0.25, 0.3) is 0 Å². The first-order valence-electron chi connectivity index (χ1n) is 4.36. The molecule has 4 heteroatoms. The molecule has 0 saturated heterocycles. The summed E-state index contributed by atoms with van der Waals surface area (Å²) in [6.45, 7) is 1.04. The average molecular weight is 166 g/mol. The number of hydrogen-bond acceptors (Lipinski definition) is 3. The minimum Gasteiger partial charge on any atom is -0.319 e. The smallest absolute Gasteiger partial charge is 0.0862 e. The quantitative estimate of drug-likeness (QED) is 0.675. The van der Waals surface area contributed by atoms with Crippen molar-refractivity contribution in [3.05, 3.63) is 11.4 Å². The van der Waals surface area contributed by atoms with Gasteiger partial charge >= 0.3 is 0 Å². The van der Waals surface area contributed by atoms with Crippen LogP contribution in [0.25, 0.3) is 0 Å². The van der Waals surface area contributed by atoms with E-state index in [9.17, 15) is 0 Å². The first-order chi connectivity index (χ1) is 5.83. The molecule has 4 nitrogen and oxygen atoms in total. The van der Waals surface area contributed by atoms with Gasteiger partial charge in [-0.2, -0.15) is 0 Å². The van der Waals surface area contributed by atoms with Crippen LogP contribution in [0.1, 0.15) is 23.7 Å². The van der Waals surface area contributed by atoms with E-state index >= 15 is 0 Å². The maximum absolute atomic E-state index is 4.11. The Morgan fingerprint density at radius 1 is 1.67 bits per heavy atom. The summed E-state index contributed by atoms with van der Waals surface area (Å²) in [5.41, 5.74) is 2.52. The topological polar surface area (TPSA) is 42.7 Å². The van der Waals surface area contributed by atoms with Gasteiger partial charge in [0.2, 0.25) is 0 Å². The lowest BCUT2D eigenvalue weighted by molar-refractivity contribution is 0.559. The van der Waals surface area contributed by atoms with Gasteiger partial charge in [0.1, 0.15) is 0 Å². The highest BCUT2D eigenvalue weighted by Gasteiger charge is 2.26. The van der Waals surface area contributed by atoms with Crippen molar-refractivity contribution < 1.29 is 0 Å². The van der Waals surface area contributed by atoms with Crippen LogP contribution < -0.4 is 5.32 Å². The molecule has 1 N–H and O–H groups in total. The Labute approximate surface area is 72.0 Å². The van der Waals surface area contributed by atoms with Gasteiger partial charge in [-0.3, -0.25) is 4.68 Å². The molecular weight excluding hydrogens is 152 g/mol. The van der Waals surface area contributed by atoms with Crippen LogP contribution in [-0.4, -0.2) is 28.6 Å². The lowest BCUT2D eigenvalue weighted by Crippen LogP contribution is -2.17. The molecule has 0 fully saturated rings. The van der Waals surface area contributed by atoms with Gasteiger partial charge in [0, 0.05) is 19.5 Å². The summed E-state index contributed by atoms with van der Waals surface area (Å²) in [4.78, 5) is 0. The SMILES string of the molecule is CNCC1CCc2nnn(C)c21. The van der Waals surface area contributed by atoms with E-state index in [1.807, 2.05) is 18.8 Å². The number of aryl methyl sites for hydroxylation is 2. The molecule has 0 spiro atoms. The normalized spacial score (nSPS) is 21.3. The zero-order valence-corrected chi connectivity index (χ0v) is 7.54. The van der Waals surface area contributed by atoms with Crippen molar-refractivity contribution >= 4 is 0 Å². The lowest BCUT2D eigenvalue weighted by atomic mass is 10.1. The predicted molar refractivity (Wildman–Crippen MR) is 46.0 cm³/mol. The third kappa shape index (κ3) is 1.03. The molecule has 1 unspecified atom stereocenters. The second kappa shape index (κ2) is 2.86. The summed E-state index contributed by atoms with van der Waals surface area (Å²) in [5.74, 6) is 0.616. The molecule has 0 bridgehead atoms. The Kier molecular flexibility index (Phi) is 1.84. The van der Waals surface area contributed by atoms with Gasteiger partial charge < -0.3 is 5.32 Å². The maximum Gasteiger partial charge on any atom is 0.0862 e. The Hall–Kier alpha value is -0.900. The number of hydrogen-bond donors (Lipinski definition) is 1. The fourth-order valence-corrected chi connectivity index (χ4v) is 1.98. The van der Waals surface area contributed by atoms with Crippen molar-refractivity contribution in [2.24, 2.45) is 7.05 Å². The van der Waals surface area contributed by atoms with Crippen LogP contribution in [0.3, 0.4) is 0 Å². The highest BCUT2D eigenvalue weighted by Crippen LogP contribution is 2.29. The predicted octanol–water partition coefficient (Wildman–Crippen LogP) is 0.0643. The van der Waals surface area contributed by atoms with E-state index < -0.39 is 0 Å². The van der Waals surface area contributed by atoms with Gasteiger partial charge in [-0.25, -0.2) is 0 Å². The van der Waals surface area contributed by atoms with Crippen LogP contribution >= 0.6 is 0 Å². The van der Waals surface area contributed by atoms with E-state index in [1.54, 1.807) is 0 Å². The Morgan fingerprint density at radius 3 is 3.25 bits per heavy atom. The molecule has 1 aromatic heterocycles.